The average molecular weight is 369 g/mol. The Morgan fingerprint density at radius 3 is 2.65 bits per heavy atom. The van der Waals surface area contributed by atoms with Crippen molar-refractivity contribution in [2.75, 3.05) is 17.6 Å². The summed E-state index contributed by atoms with van der Waals surface area (Å²) in [5, 5.41) is 23.0. The third-order valence-electron chi connectivity index (χ3n) is 2.62. The van der Waals surface area contributed by atoms with E-state index in [0.29, 0.717) is 0 Å². The Morgan fingerprint density at radius 2 is 2.09 bits per heavy atom. The Hall–Kier alpha value is -1.58. The van der Waals surface area contributed by atoms with E-state index in [-0.39, 0.29) is 15.6 Å². The molecule has 1 aromatic rings. The van der Waals surface area contributed by atoms with E-state index in [1.54, 1.807) is 0 Å². The monoisotopic (exact) mass is 368 g/mol. The predicted molar refractivity (Wildman–Crippen MR) is 83.5 cm³/mol. The van der Waals surface area contributed by atoms with Crippen molar-refractivity contribution in [3.05, 3.63) is 23.2 Å². The third kappa shape index (κ3) is 6.20. The van der Waals surface area contributed by atoms with E-state index in [9.17, 15) is 23.5 Å². The fraction of sp³-hybridized carbons (Fsp3) is 0.385. The molecule has 0 aliphatic carbocycles. The second kappa shape index (κ2) is 8.32. The number of thioether (sulfide) groups is 1. The highest BCUT2D eigenvalue weighted by Crippen LogP contribution is 2.35. The molecule has 0 aliphatic heterocycles. The van der Waals surface area contributed by atoms with Crippen LogP contribution >= 0.6 is 23.4 Å². The van der Waals surface area contributed by atoms with E-state index in [1.165, 1.54) is 18.2 Å². The summed E-state index contributed by atoms with van der Waals surface area (Å²) < 4.78 is 24.7. The maximum atomic E-state index is 12.3. The first-order valence-corrected chi connectivity index (χ1v) is 7.70. The molecule has 0 fully saturated rings. The molecule has 0 aromatic heterocycles. The Labute approximate surface area is 140 Å². The summed E-state index contributed by atoms with van der Waals surface area (Å²) in [5.74, 6) is -1.98. The van der Waals surface area contributed by atoms with Crippen LogP contribution in [-0.2, 0) is 4.79 Å². The van der Waals surface area contributed by atoms with Crippen LogP contribution in [0.3, 0.4) is 0 Å². The number of aliphatic hydroxyl groups is 1. The number of halogens is 3. The lowest BCUT2D eigenvalue weighted by atomic mass is 10.1. The van der Waals surface area contributed by atoms with Gasteiger partial charge in [-0.3, -0.25) is 0 Å². The molecule has 0 saturated heterocycles. The maximum absolute atomic E-state index is 12.3. The second-order valence-electron chi connectivity index (χ2n) is 4.71. The van der Waals surface area contributed by atoms with Crippen LogP contribution in [0.1, 0.15) is 6.92 Å². The molecule has 10 heteroatoms. The van der Waals surface area contributed by atoms with Crippen molar-refractivity contribution in [3.63, 3.8) is 0 Å². The molecule has 6 nitrogen and oxygen atoms in total. The van der Waals surface area contributed by atoms with Gasteiger partial charge in [-0.1, -0.05) is 17.7 Å². The lowest BCUT2D eigenvalue weighted by Crippen LogP contribution is -2.47. The molecule has 0 saturated carbocycles. The molecule has 1 aromatic carbocycles. The van der Waals surface area contributed by atoms with Crippen LogP contribution in [0.5, 0.6) is 0 Å². The van der Waals surface area contributed by atoms with E-state index in [2.05, 4.69) is 10.6 Å². The SMILES string of the molecule is CC(O)(CNC(=O)Nc1cccc(Cl)c1SCC(F)F)C(=O)O. The lowest BCUT2D eigenvalue weighted by Gasteiger charge is -2.19. The van der Waals surface area contributed by atoms with Gasteiger partial charge in [0.1, 0.15) is 0 Å². The highest BCUT2D eigenvalue weighted by molar-refractivity contribution is 7.99. The first-order valence-electron chi connectivity index (χ1n) is 6.33. The Morgan fingerprint density at radius 1 is 1.43 bits per heavy atom. The highest BCUT2D eigenvalue weighted by Gasteiger charge is 2.30. The van der Waals surface area contributed by atoms with Crippen LogP contribution in [0, 0.1) is 0 Å². The lowest BCUT2D eigenvalue weighted by molar-refractivity contribution is -0.155. The number of carboxylic acid groups (broad SMARTS) is 1. The van der Waals surface area contributed by atoms with Crippen LogP contribution < -0.4 is 10.6 Å². The normalized spacial score (nSPS) is 13.5. The number of amides is 2. The Balaban J connectivity index is 2.74. The summed E-state index contributed by atoms with van der Waals surface area (Å²) in [6, 6.07) is 3.69. The van der Waals surface area contributed by atoms with E-state index < -0.39 is 36.3 Å². The zero-order valence-electron chi connectivity index (χ0n) is 12.0. The summed E-state index contributed by atoms with van der Waals surface area (Å²) in [4.78, 5) is 22.8. The van der Waals surface area contributed by atoms with Crippen LogP contribution in [-0.4, -0.2) is 46.5 Å². The Bertz CT molecular complexity index is 587. The molecular weight excluding hydrogens is 354 g/mol. The largest absolute Gasteiger partial charge is 0.479 e. The minimum atomic E-state index is -2.54. The number of carbonyl (C=O) groups is 2. The van der Waals surface area contributed by atoms with Gasteiger partial charge in [-0.05, 0) is 19.1 Å². The van der Waals surface area contributed by atoms with Gasteiger partial charge in [0, 0.05) is 4.90 Å². The number of rotatable bonds is 7. The number of carbonyl (C=O) groups excluding carboxylic acids is 1. The van der Waals surface area contributed by atoms with Crippen molar-refractivity contribution in [2.45, 2.75) is 23.8 Å². The zero-order valence-corrected chi connectivity index (χ0v) is 13.5. The number of anilines is 1. The number of hydrogen-bond acceptors (Lipinski definition) is 4. The van der Waals surface area contributed by atoms with E-state index in [0.717, 1.165) is 18.7 Å². The molecule has 128 valence electrons. The van der Waals surface area contributed by atoms with E-state index in [1.807, 2.05) is 0 Å². The minimum absolute atomic E-state index is 0.200. The number of urea groups is 1. The molecule has 23 heavy (non-hydrogen) atoms. The van der Waals surface area contributed by atoms with E-state index in [4.69, 9.17) is 16.7 Å². The topological polar surface area (TPSA) is 98.7 Å². The maximum Gasteiger partial charge on any atom is 0.337 e. The van der Waals surface area contributed by atoms with Crippen molar-refractivity contribution in [1.82, 2.24) is 5.32 Å². The van der Waals surface area contributed by atoms with Gasteiger partial charge in [0.15, 0.2) is 5.60 Å². The van der Waals surface area contributed by atoms with Crippen LogP contribution in [0.2, 0.25) is 5.02 Å². The summed E-state index contributed by atoms with van der Waals surface area (Å²) in [6.45, 7) is 0.493. The molecule has 4 N–H and O–H groups in total. The molecule has 1 unspecified atom stereocenters. The molecular formula is C13H15ClF2N2O4S. The molecule has 1 rings (SSSR count). The van der Waals surface area contributed by atoms with Gasteiger partial charge < -0.3 is 20.8 Å². The number of benzene rings is 1. The summed E-state index contributed by atoms with van der Waals surface area (Å²) in [5.41, 5.74) is -1.92. The predicted octanol–water partition coefficient (Wildman–Crippen LogP) is 2.65. The van der Waals surface area contributed by atoms with Gasteiger partial charge in [0.2, 0.25) is 6.43 Å². The van der Waals surface area contributed by atoms with Crippen molar-refractivity contribution in [1.29, 1.82) is 0 Å². The van der Waals surface area contributed by atoms with Crippen molar-refractivity contribution >= 4 is 41.1 Å². The van der Waals surface area contributed by atoms with Crippen LogP contribution in [0.25, 0.3) is 0 Å². The highest BCUT2D eigenvalue weighted by atomic mass is 35.5. The summed E-state index contributed by atoms with van der Waals surface area (Å²) in [7, 11) is 0. The number of aliphatic carboxylic acids is 1. The quantitative estimate of drug-likeness (QED) is 0.555. The zero-order chi connectivity index (χ0) is 17.6. The Kier molecular flexibility index (Phi) is 7.04. The fourth-order valence-corrected chi connectivity index (χ4v) is 2.51. The minimum Gasteiger partial charge on any atom is -0.479 e. The number of hydrogen-bond donors (Lipinski definition) is 4. The number of carboxylic acids is 1. The first-order chi connectivity index (χ1) is 10.6. The fourth-order valence-electron chi connectivity index (χ4n) is 1.39. The number of alkyl halides is 2. The van der Waals surface area contributed by atoms with Crippen molar-refractivity contribution < 1.29 is 28.6 Å². The van der Waals surface area contributed by atoms with Gasteiger partial charge in [0.25, 0.3) is 0 Å². The van der Waals surface area contributed by atoms with Gasteiger partial charge in [-0.25, -0.2) is 18.4 Å². The molecule has 0 spiro atoms. The molecule has 0 radical (unpaired) electrons. The van der Waals surface area contributed by atoms with E-state index >= 15 is 0 Å². The van der Waals surface area contributed by atoms with Gasteiger partial charge in [-0.15, -0.1) is 11.8 Å². The molecule has 0 bridgehead atoms. The van der Waals surface area contributed by atoms with Gasteiger partial charge >= 0.3 is 12.0 Å². The molecule has 1 atom stereocenters. The summed E-state index contributed by atoms with van der Waals surface area (Å²) in [6.07, 6.45) is -2.54. The van der Waals surface area contributed by atoms with Crippen molar-refractivity contribution in [3.8, 4) is 0 Å². The van der Waals surface area contributed by atoms with Crippen LogP contribution in [0.4, 0.5) is 19.3 Å². The second-order valence-corrected chi connectivity index (χ2v) is 6.14. The molecule has 2 amide bonds. The molecule has 0 heterocycles. The number of nitrogens with one attached hydrogen (secondary N) is 2. The first kappa shape index (κ1) is 19.5. The smallest absolute Gasteiger partial charge is 0.337 e. The molecule has 0 aliphatic rings. The standard InChI is InChI=1S/C13H15ClF2N2O4S/c1-13(22,11(19)20)6-17-12(21)18-8-4-2-3-7(14)10(8)23-5-9(15)16/h2-4,9,22H,5-6H2,1H3,(H,19,20)(H2,17,18,21). The average Bonchev–Trinajstić information content (AvgIpc) is 2.44. The summed E-state index contributed by atoms with van der Waals surface area (Å²) >= 11 is 6.72. The van der Waals surface area contributed by atoms with Crippen molar-refractivity contribution in [2.24, 2.45) is 0 Å². The third-order valence-corrected chi connectivity index (χ3v) is 4.20. The van der Waals surface area contributed by atoms with Crippen LogP contribution in [0.15, 0.2) is 23.1 Å². The van der Waals surface area contributed by atoms with Gasteiger partial charge in [-0.2, -0.15) is 0 Å². The van der Waals surface area contributed by atoms with Gasteiger partial charge in [0.05, 0.1) is 23.0 Å².